The normalized spacial score (nSPS) is 22.6. The van der Waals surface area contributed by atoms with Crippen LogP contribution in [0.15, 0.2) is 18.2 Å². The first kappa shape index (κ1) is 24.1. The second-order valence-corrected chi connectivity index (χ2v) is 10.7. The van der Waals surface area contributed by atoms with Gasteiger partial charge in [0.1, 0.15) is 18.9 Å². The lowest BCUT2D eigenvalue weighted by Gasteiger charge is -2.27. The number of hydrogen-bond acceptors (Lipinski definition) is 7. The summed E-state index contributed by atoms with van der Waals surface area (Å²) in [5, 5.41) is 5.19. The van der Waals surface area contributed by atoms with Crippen molar-refractivity contribution in [3.05, 3.63) is 44.6 Å². The van der Waals surface area contributed by atoms with Crippen molar-refractivity contribution in [1.29, 1.82) is 0 Å². The van der Waals surface area contributed by atoms with Crippen LogP contribution in [0.4, 0.5) is 15.3 Å². The number of anilines is 1. The van der Waals surface area contributed by atoms with Crippen LogP contribution in [0.3, 0.4) is 0 Å². The number of aryl methyl sites for hydroxylation is 2. The predicted molar refractivity (Wildman–Crippen MR) is 132 cm³/mol. The Morgan fingerprint density at radius 1 is 1.25 bits per heavy atom. The fourth-order valence-electron chi connectivity index (χ4n) is 5.06. The molecule has 190 valence electrons. The van der Waals surface area contributed by atoms with Gasteiger partial charge in [-0.15, -0.1) is 11.3 Å². The van der Waals surface area contributed by atoms with Crippen LogP contribution in [0, 0.1) is 13.8 Å². The Balaban J connectivity index is 1.35. The molecule has 2 aliphatic heterocycles. The van der Waals surface area contributed by atoms with E-state index < -0.39 is 24.1 Å². The topological polar surface area (TPSA) is 117 Å². The molecule has 3 heterocycles. The molecular formula is C25H28N4O6S. The third-order valence-electron chi connectivity index (χ3n) is 7.17. The fourth-order valence-corrected chi connectivity index (χ4v) is 6.18. The van der Waals surface area contributed by atoms with Gasteiger partial charge < -0.3 is 25.0 Å². The van der Waals surface area contributed by atoms with E-state index in [1.807, 2.05) is 20.8 Å². The summed E-state index contributed by atoms with van der Waals surface area (Å²) < 4.78 is 11.6. The van der Waals surface area contributed by atoms with Gasteiger partial charge in [-0.05, 0) is 44.9 Å². The molecule has 5 rings (SSSR count). The highest BCUT2D eigenvalue weighted by Gasteiger charge is 2.58. The summed E-state index contributed by atoms with van der Waals surface area (Å²) in [4.78, 5) is 56.0. The summed E-state index contributed by atoms with van der Waals surface area (Å²) in [6.07, 6.45) is -0.0396. The fraction of sp³-hybridized carbons (Fsp3) is 0.440. The number of fused-ring (bicyclic) bond motifs is 3. The number of rotatable bonds is 3. The van der Waals surface area contributed by atoms with Crippen molar-refractivity contribution in [2.45, 2.75) is 51.8 Å². The van der Waals surface area contributed by atoms with Crippen molar-refractivity contribution < 1.29 is 28.7 Å². The van der Waals surface area contributed by atoms with Crippen LogP contribution in [0.2, 0.25) is 0 Å². The average Bonchev–Trinajstić information content (AvgIpc) is 3.38. The van der Waals surface area contributed by atoms with E-state index in [0.717, 1.165) is 31.5 Å². The van der Waals surface area contributed by atoms with Gasteiger partial charge in [-0.25, -0.2) is 14.5 Å². The van der Waals surface area contributed by atoms with E-state index in [2.05, 4.69) is 10.6 Å². The minimum atomic E-state index is -1.44. The molecule has 2 atom stereocenters. The number of imide groups is 1. The Labute approximate surface area is 212 Å². The lowest BCUT2D eigenvalue weighted by Crippen LogP contribution is -2.47. The third kappa shape index (κ3) is 3.78. The number of urea groups is 1. The maximum Gasteiger partial charge on any atom is 0.418 e. The molecule has 1 fully saturated rings. The molecule has 1 saturated heterocycles. The van der Waals surface area contributed by atoms with E-state index in [1.165, 1.54) is 7.05 Å². The summed E-state index contributed by atoms with van der Waals surface area (Å²) in [6, 6.07) is 4.55. The largest absolute Gasteiger partial charge is 0.490 e. The number of carbonyl (C=O) groups excluding carboxylic acids is 4. The van der Waals surface area contributed by atoms with E-state index in [9.17, 15) is 19.2 Å². The number of nitrogens with zero attached hydrogens (tertiary/aromatic N) is 2. The summed E-state index contributed by atoms with van der Waals surface area (Å²) in [7, 11) is 1.52. The van der Waals surface area contributed by atoms with Gasteiger partial charge in [0.2, 0.25) is 11.5 Å². The maximum absolute atomic E-state index is 13.5. The van der Waals surface area contributed by atoms with Crippen LogP contribution in [0.1, 0.15) is 39.8 Å². The molecule has 10 nitrogen and oxygen atoms in total. The maximum atomic E-state index is 13.5. The van der Waals surface area contributed by atoms with Crippen molar-refractivity contribution in [3.8, 4) is 5.75 Å². The van der Waals surface area contributed by atoms with Crippen LogP contribution in [-0.2, 0) is 32.9 Å². The molecule has 1 aliphatic carbocycles. The molecular weight excluding hydrogens is 484 g/mol. The first-order chi connectivity index (χ1) is 17.1. The first-order valence-electron chi connectivity index (χ1n) is 11.8. The van der Waals surface area contributed by atoms with Gasteiger partial charge in [0.05, 0.1) is 17.5 Å². The van der Waals surface area contributed by atoms with Crippen LogP contribution >= 0.6 is 11.3 Å². The molecule has 36 heavy (non-hydrogen) atoms. The molecule has 5 amide bonds. The number of carbonyl (C=O) groups is 4. The van der Waals surface area contributed by atoms with Gasteiger partial charge in [-0.1, -0.05) is 6.07 Å². The van der Waals surface area contributed by atoms with Crippen LogP contribution in [-0.4, -0.2) is 60.0 Å². The Morgan fingerprint density at radius 2 is 2.03 bits per heavy atom. The summed E-state index contributed by atoms with van der Waals surface area (Å²) in [6.45, 7) is 6.21. The van der Waals surface area contributed by atoms with Gasteiger partial charge in [0.25, 0.3) is 5.91 Å². The first-order valence-corrected chi connectivity index (χ1v) is 12.6. The Bertz CT molecular complexity index is 1290. The second-order valence-electron chi connectivity index (χ2n) is 9.38. The molecule has 11 heteroatoms. The average molecular weight is 513 g/mol. The molecule has 0 unspecified atom stereocenters. The Hall–Kier alpha value is -3.60. The number of nitrogens with one attached hydrogen (secondary N) is 2. The van der Waals surface area contributed by atoms with Crippen LogP contribution in [0.5, 0.6) is 5.75 Å². The molecule has 2 aromatic rings. The van der Waals surface area contributed by atoms with Crippen LogP contribution in [0.25, 0.3) is 0 Å². The SMILES string of the molecule is CNC(=O)Nc1ccc2c(c1)CC[C@]21OC(=O)N(CC(=O)N2Cc3sc(C)c(C)c3OC[C@H]2C)C1=O. The predicted octanol–water partition coefficient (Wildman–Crippen LogP) is 3.05. The lowest BCUT2D eigenvalue weighted by molar-refractivity contribution is -0.143. The Morgan fingerprint density at radius 3 is 2.78 bits per heavy atom. The molecule has 3 aliphatic rings. The van der Waals surface area contributed by atoms with Gasteiger partial charge in [0, 0.05) is 35.2 Å². The number of hydrogen-bond donors (Lipinski definition) is 2. The highest BCUT2D eigenvalue weighted by Crippen LogP contribution is 2.46. The zero-order valence-corrected chi connectivity index (χ0v) is 21.4. The minimum Gasteiger partial charge on any atom is -0.490 e. The van der Waals surface area contributed by atoms with E-state index in [0.29, 0.717) is 30.8 Å². The third-order valence-corrected chi connectivity index (χ3v) is 8.34. The number of ether oxygens (including phenoxy) is 2. The van der Waals surface area contributed by atoms with Crippen molar-refractivity contribution in [2.24, 2.45) is 0 Å². The van der Waals surface area contributed by atoms with Crippen LogP contribution < -0.4 is 15.4 Å². The monoisotopic (exact) mass is 512 g/mol. The van der Waals surface area contributed by atoms with Gasteiger partial charge in [-0.2, -0.15) is 0 Å². The summed E-state index contributed by atoms with van der Waals surface area (Å²) >= 11 is 1.59. The molecule has 1 aromatic carbocycles. The molecule has 0 bridgehead atoms. The van der Waals surface area contributed by atoms with Crippen molar-refractivity contribution in [2.75, 3.05) is 25.5 Å². The van der Waals surface area contributed by atoms with E-state index in [1.54, 1.807) is 34.4 Å². The highest BCUT2D eigenvalue weighted by molar-refractivity contribution is 7.12. The van der Waals surface area contributed by atoms with Crippen molar-refractivity contribution >= 4 is 41.0 Å². The zero-order valence-electron chi connectivity index (χ0n) is 20.6. The summed E-state index contributed by atoms with van der Waals surface area (Å²) in [5.41, 5.74) is 1.60. The zero-order chi connectivity index (χ0) is 25.8. The van der Waals surface area contributed by atoms with E-state index >= 15 is 0 Å². The van der Waals surface area contributed by atoms with E-state index in [-0.39, 0.29) is 24.4 Å². The van der Waals surface area contributed by atoms with Crippen molar-refractivity contribution in [1.82, 2.24) is 15.1 Å². The van der Waals surface area contributed by atoms with E-state index in [4.69, 9.17) is 9.47 Å². The number of amides is 5. The van der Waals surface area contributed by atoms with Gasteiger partial charge in [0.15, 0.2) is 0 Å². The van der Waals surface area contributed by atoms with Crippen molar-refractivity contribution in [3.63, 3.8) is 0 Å². The quantitative estimate of drug-likeness (QED) is 0.653. The van der Waals surface area contributed by atoms with Gasteiger partial charge in [-0.3, -0.25) is 9.59 Å². The molecule has 2 N–H and O–H groups in total. The number of benzene rings is 1. The number of thiophene rings is 1. The molecule has 0 radical (unpaired) electrons. The molecule has 1 aromatic heterocycles. The molecule has 0 saturated carbocycles. The lowest BCUT2D eigenvalue weighted by atomic mass is 9.94. The molecule has 1 spiro atoms. The minimum absolute atomic E-state index is 0.224. The Kier molecular flexibility index (Phi) is 5.90. The summed E-state index contributed by atoms with van der Waals surface area (Å²) in [5.74, 6) is -0.0507. The van der Waals surface area contributed by atoms with Gasteiger partial charge >= 0.3 is 12.1 Å². The highest BCUT2D eigenvalue weighted by atomic mass is 32.1. The smallest absolute Gasteiger partial charge is 0.418 e. The second kappa shape index (κ2) is 8.81. The standard InChI is InChI=1S/C25H28N4O6S/c1-13-12-34-21-14(2)15(3)36-19(21)10-28(13)20(30)11-29-22(31)25(35-24(29)33)8-7-16-9-17(5-6-18(16)25)27-23(32)26-4/h5-6,9,13H,7-8,10-12H2,1-4H3,(H2,26,27,32)/t13-,25+/m1/s1.